The SMILES string of the molecule is CCNCc1c(S(=O)(=O)NCCCOCC)n[nH]c1C. The first-order valence-corrected chi connectivity index (χ1v) is 8.33. The first-order valence-electron chi connectivity index (χ1n) is 6.84. The van der Waals surface area contributed by atoms with Gasteiger partial charge in [-0.05, 0) is 26.8 Å². The van der Waals surface area contributed by atoms with Crippen molar-refractivity contribution in [2.24, 2.45) is 0 Å². The molecule has 0 amide bonds. The van der Waals surface area contributed by atoms with E-state index < -0.39 is 10.0 Å². The lowest BCUT2D eigenvalue weighted by Crippen LogP contribution is -2.27. The van der Waals surface area contributed by atoms with Crippen molar-refractivity contribution in [3.8, 4) is 0 Å². The monoisotopic (exact) mass is 304 g/mol. The molecule has 1 aromatic rings. The van der Waals surface area contributed by atoms with Gasteiger partial charge in [-0.3, -0.25) is 5.10 Å². The van der Waals surface area contributed by atoms with Gasteiger partial charge >= 0.3 is 0 Å². The normalized spacial score (nSPS) is 11.9. The van der Waals surface area contributed by atoms with Crippen LogP contribution < -0.4 is 10.0 Å². The second-order valence-electron chi connectivity index (χ2n) is 4.36. The Hall–Kier alpha value is -0.960. The first kappa shape index (κ1) is 17.1. The van der Waals surface area contributed by atoms with E-state index >= 15 is 0 Å². The van der Waals surface area contributed by atoms with Crippen molar-refractivity contribution >= 4 is 10.0 Å². The average Bonchev–Trinajstić information content (AvgIpc) is 2.78. The second-order valence-corrected chi connectivity index (χ2v) is 6.04. The van der Waals surface area contributed by atoms with Crippen molar-refractivity contribution < 1.29 is 13.2 Å². The molecule has 20 heavy (non-hydrogen) atoms. The lowest BCUT2D eigenvalue weighted by atomic mass is 10.2. The fourth-order valence-corrected chi connectivity index (χ4v) is 2.97. The average molecular weight is 304 g/mol. The van der Waals surface area contributed by atoms with E-state index in [0.29, 0.717) is 38.3 Å². The topological polar surface area (TPSA) is 96.1 Å². The number of aromatic amines is 1. The van der Waals surface area contributed by atoms with E-state index in [1.165, 1.54) is 0 Å². The van der Waals surface area contributed by atoms with Crippen LogP contribution in [0.5, 0.6) is 0 Å². The van der Waals surface area contributed by atoms with Gasteiger partial charge in [0.1, 0.15) is 0 Å². The van der Waals surface area contributed by atoms with Crippen LogP contribution >= 0.6 is 0 Å². The molecule has 0 saturated carbocycles. The first-order chi connectivity index (χ1) is 9.53. The lowest BCUT2D eigenvalue weighted by molar-refractivity contribution is 0.146. The minimum absolute atomic E-state index is 0.0763. The van der Waals surface area contributed by atoms with Gasteiger partial charge in [-0.1, -0.05) is 6.92 Å². The Morgan fingerprint density at radius 1 is 1.35 bits per heavy atom. The number of nitrogens with one attached hydrogen (secondary N) is 3. The molecule has 0 aromatic carbocycles. The van der Waals surface area contributed by atoms with Crippen molar-refractivity contribution in [3.63, 3.8) is 0 Å². The molecule has 1 heterocycles. The van der Waals surface area contributed by atoms with Crippen LogP contribution in [0.15, 0.2) is 5.03 Å². The molecule has 0 atom stereocenters. The van der Waals surface area contributed by atoms with E-state index in [1.54, 1.807) is 0 Å². The Labute approximate surface area is 120 Å². The predicted octanol–water partition coefficient (Wildman–Crippen LogP) is 0.533. The van der Waals surface area contributed by atoms with E-state index in [2.05, 4.69) is 20.2 Å². The van der Waals surface area contributed by atoms with Gasteiger partial charge < -0.3 is 10.1 Å². The van der Waals surface area contributed by atoms with Crippen molar-refractivity contribution in [1.29, 1.82) is 0 Å². The number of hydrogen-bond acceptors (Lipinski definition) is 5. The highest BCUT2D eigenvalue weighted by Gasteiger charge is 2.22. The summed E-state index contributed by atoms with van der Waals surface area (Å²) in [7, 11) is -3.58. The predicted molar refractivity (Wildman–Crippen MR) is 77.0 cm³/mol. The Morgan fingerprint density at radius 3 is 2.75 bits per heavy atom. The van der Waals surface area contributed by atoms with Crippen LogP contribution in [-0.4, -0.2) is 44.9 Å². The zero-order valence-corrected chi connectivity index (χ0v) is 13.1. The maximum atomic E-state index is 12.2. The molecular weight excluding hydrogens is 280 g/mol. The van der Waals surface area contributed by atoms with Crippen molar-refractivity contribution in [2.75, 3.05) is 26.3 Å². The largest absolute Gasteiger partial charge is 0.382 e. The number of rotatable bonds is 10. The quantitative estimate of drug-likeness (QED) is 0.548. The number of H-pyrrole nitrogens is 1. The summed E-state index contributed by atoms with van der Waals surface area (Å²) in [6.45, 7) is 8.46. The second kappa shape index (κ2) is 8.35. The van der Waals surface area contributed by atoms with Gasteiger partial charge in [0.2, 0.25) is 0 Å². The summed E-state index contributed by atoms with van der Waals surface area (Å²) < 4.78 is 32.1. The number of aryl methyl sites for hydroxylation is 1. The standard InChI is InChI=1S/C12H24N4O3S/c1-4-13-9-11-10(3)15-16-12(11)20(17,18)14-7-6-8-19-5-2/h13-14H,4-9H2,1-3H3,(H,15,16). The molecule has 116 valence electrons. The molecule has 7 nitrogen and oxygen atoms in total. The van der Waals surface area contributed by atoms with Gasteiger partial charge in [0.05, 0.1) is 0 Å². The number of sulfonamides is 1. The molecule has 0 aliphatic carbocycles. The Morgan fingerprint density at radius 2 is 2.10 bits per heavy atom. The van der Waals surface area contributed by atoms with Crippen LogP contribution in [0, 0.1) is 6.92 Å². The zero-order chi connectivity index (χ0) is 15.0. The third-order valence-electron chi connectivity index (χ3n) is 2.80. The van der Waals surface area contributed by atoms with E-state index in [4.69, 9.17) is 4.74 Å². The highest BCUT2D eigenvalue weighted by Crippen LogP contribution is 2.15. The Bertz CT molecular complexity index is 499. The Kier molecular flexibility index (Phi) is 7.14. The molecule has 0 radical (unpaired) electrons. The van der Waals surface area contributed by atoms with Crippen LogP contribution in [0.4, 0.5) is 0 Å². The van der Waals surface area contributed by atoms with Gasteiger partial charge in [-0.15, -0.1) is 0 Å². The minimum Gasteiger partial charge on any atom is -0.382 e. The van der Waals surface area contributed by atoms with Gasteiger partial charge in [-0.2, -0.15) is 5.10 Å². The summed E-state index contributed by atoms with van der Waals surface area (Å²) in [6.07, 6.45) is 0.638. The van der Waals surface area contributed by atoms with E-state index in [0.717, 1.165) is 12.2 Å². The van der Waals surface area contributed by atoms with Gasteiger partial charge in [0.15, 0.2) is 5.03 Å². The molecule has 0 aliphatic heterocycles. The lowest BCUT2D eigenvalue weighted by Gasteiger charge is -2.07. The minimum atomic E-state index is -3.58. The Balaban J connectivity index is 2.67. The molecule has 8 heteroatoms. The molecule has 0 saturated heterocycles. The van der Waals surface area contributed by atoms with Crippen molar-refractivity contribution in [3.05, 3.63) is 11.3 Å². The highest BCUT2D eigenvalue weighted by atomic mass is 32.2. The van der Waals surface area contributed by atoms with E-state index in [1.807, 2.05) is 20.8 Å². The molecule has 0 fully saturated rings. The van der Waals surface area contributed by atoms with Crippen LogP contribution in [0.2, 0.25) is 0 Å². The summed E-state index contributed by atoms with van der Waals surface area (Å²) in [5, 5.41) is 9.83. The maximum absolute atomic E-state index is 12.2. The summed E-state index contributed by atoms with van der Waals surface area (Å²) in [5.41, 5.74) is 1.45. The molecule has 0 unspecified atom stereocenters. The molecule has 0 aliphatic rings. The fraction of sp³-hybridized carbons (Fsp3) is 0.750. The smallest absolute Gasteiger partial charge is 0.260 e. The zero-order valence-electron chi connectivity index (χ0n) is 12.3. The van der Waals surface area contributed by atoms with Gasteiger partial charge in [0, 0.05) is 37.6 Å². The van der Waals surface area contributed by atoms with Crippen LogP contribution in [0.1, 0.15) is 31.5 Å². The highest BCUT2D eigenvalue weighted by molar-refractivity contribution is 7.89. The van der Waals surface area contributed by atoms with E-state index in [-0.39, 0.29) is 5.03 Å². The summed E-state index contributed by atoms with van der Waals surface area (Å²) >= 11 is 0. The van der Waals surface area contributed by atoms with Crippen LogP contribution in [0.3, 0.4) is 0 Å². The molecule has 1 aromatic heterocycles. The van der Waals surface area contributed by atoms with E-state index in [9.17, 15) is 8.42 Å². The maximum Gasteiger partial charge on any atom is 0.260 e. The van der Waals surface area contributed by atoms with Crippen molar-refractivity contribution in [1.82, 2.24) is 20.2 Å². The molecular formula is C12H24N4O3S. The number of aromatic nitrogens is 2. The number of ether oxygens (including phenoxy) is 1. The van der Waals surface area contributed by atoms with Crippen LogP contribution in [0.25, 0.3) is 0 Å². The van der Waals surface area contributed by atoms with Crippen molar-refractivity contribution in [2.45, 2.75) is 38.8 Å². The van der Waals surface area contributed by atoms with Gasteiger partial charge in [0.25, 0.3) is 10.0 Å². The third-order valence-corrected chi connectivity index (χ3v) is 4.23. The number of hydrogen-bond donors (Lipinski definition) is 3. The van der Waals surface area contributed by atoms with Crippen LogP contribution in [-0.2, 0) is 21.3 Å². The fourth-order valence-electron chi connectivity index (χ4n) is 1.70. The molecule has 0 bridgehead atoms. The summed E-state index contributed by atoms with van der Waals surface area (Å²) in [5.74, 6) is 0. The van der Waals surface area contributed by atoms with Gasteiger partial charge in [-0.25, -0.2) is 13.1 Å². The molecule has 3 N–H and O–H groups in total. The summed E-state index contributed by atoms with van der Waals surface area (Å²) in [6, 6.07) is 0. The third kappa shape index (κ3) is 4.86. The number of nitrogens with zero attached hydrogens (tertiary/aromatic N) is 1. The summed E-state index contributed by atoms with van der Waals surface area (Å²) in [4.78, 5) is 0. The molecule has 0 spiro atoms. The molecule has 1 rings (SSSR count).